The Bertz CT molecular complexity index is 736. The minimum Gasteiger partial charge on any atom is -0.492 e. The summed E-state index contributed by atoms with van der Waals surface area (Å²) in [5.41, 5.74) is 1.06. The Kier molecular flexibility index (Phi) is 7.19. The normalized spacial score (nSPS) is 16.8. The Labute approximate surface area is 166 Å². The highest BCUT2D eigenvalue weighted by Gasteiger charge is 2.26. The summed E-state index contributed by atoms with van der Waals surface area (Å²) in [6.07, 6.45) is 5.34. The van der Waals surface area contributed by atoms with Gasteiger partial charge in [0, 0.05) is 38.6 Å². The van der Waals surface area contributed by atoms with Crippen LogP contribution in [-0.2, 0) is 11.3 Å². The molecule has 0 saturated carbocycles. The molecule has 1 aliphatic heterocycles. The van der Waals surface area contributed by atoms with Crippen LogP contribution in [0.4, 0.5) is 5.95 Å². The zero-order chi connectivity index (χ0) is 19.8. The maximum absolute atomic E-state index is 12.6. The average Bonchev–Trinajstić information content (AvgIpc) is 2.73. The third kappa shape index (κ3) is 5.92. The molecule has 7 heteroatoms. The van der Waals surface area contributed by atoms with E-state index in [4.69, 9.17) is 4.74 Å². The molecule has 2 aromatic rings. The van der Waals surface area contributed by atoms with Gasteiger partial charge in [-0.3, -0.25) is 4.79 Å². The van der Waals surface area contributed by atoms with Crippen LogP contribution < -0.4 is 15.0 Å². The molecule has 0 spiro atoms. The molecule has 0 bridgehead atoms. The summed E-state index contributed by atoms with van der Waals surface area (Å²) in [5, 5.41) is 3.06. The van der Waals surface area contributed by atoms with E-state index in [0.717, 1.165) is 37.2 Å². The second-order valence-corrected chi connectivity index (χ2v) is 7.35. The molecule has 2 heterocycles. The molecule has 3 rings (SSSR count). The number of piperidine rings is 1. The summed E-state index contributed by atoms with van der Waals surface area (Å²) in [6, 6.07) is 9.70. The summed E-state index contributed by atoms with van der Waals surface area (Å²) in [4.78, 5) is 25.4. The van der Waals surface area contributed by atoms with E-state index in [1.54, 1.807) is 18.5 Å². The van der Waals surface area contributed by atoms with Crippen LogP contribution in [0.25, 0.3) is 0 Å². The van der Waals surface area contributed by atoms with Gasteiger partial charge in [-0.05, 0) is 50.7 Å². The predicted octanol–water partition coefficient (Wildman–Crippen LogP) is 1.95. The molecule has 7 nitrogen and oxygen atoms in total. The molecule has 1 aliphatic rings. The van der Waals surface area contributed by atoms with E-state index < -0.39 is 0 Å². The molecule has 1 atom stereocenters. The first-order valence-electron chi connectivity index (χ1n) is 9.78. The second kappa shape index (κ2) is 10.0. The number of nitrogens with one attached hydrogen (secondary N) is 1. The third-order valence-corrected chi connectivity index (χ3v) is 4.82. The van der Waals surface area contributed by atoms with Crippen molar-refractivity contribution in [2.75, 3.05) is 45.2 Å². The number of hydrogen-bond donors (Lipinski definition) is 1. The monoisotopic (exact) mass is 383 g/mol. The fourth-order valence-corrected chi connectivity index (χ4v) is 3.21. The van der Waals surface area contributed by atoms with Crippen molar-refractivity contribution < 1.29 is 9.53 Å². The van der Waals surface area contributed by atoms with Gasteiger partial charge in [-0.2, -0.15) is 0 Å². The number of aromatic nitrogens is 2. The molecule has 1 aromatic heterocycles. The summed E-state index contributed by atoms with van der Waals surface area (Å²) >= 11 is 0. The topological polar surface area (TPSA) is 70.6 Å². The molecule has 1 amide bonds. The number of likely N-dealkylation sites (N-methyl/N-ethyl adjacent to an activating group) is 1. The van der Waals surface area contributed by atoms with Crippen LogP contribution in [0.15, 0.2) is 42.7 Å². The Morgan fingerprint density at radius 2 is 2.00 bits per heavy atom. The smallest absolute Gasteiger partial charge is 0.225 e. The van der Waals surface area contributed by atoms with Crippen molar-refractivity contribution in [3.05, 3.63) is 48.3 Å². The van der Waals surface area contributed by atoms with E-state index in [-0.39, 0.29) is 11.8 Å². The highest BCUT2D eigenvalue weighted by Crippen LogP contribution is 2.20. The van der Waals surface area contributed by atoms with Crippen molar-refractivity contribution >= 4 is 11.9 Å². The lowest BCUT2D eigenvalue weighted by Gasteiger charge is -2.31. The van der Waals surface area contributed by atoms with Gasteiger partial charge in [-0.1, -0.05) is 12.1 Å². The number of rotatable bonds is 8. The maximum atomic E-state index is 12.6. The lowest BCUT2D eigenvalue weighted by molar-refractivity contribution is -0.125. The SMILES string of the molecule is CN(C)CCOc1ccc(CNC(=O)[C@@H]2CCCN(c3ncccn3)C2)cc1. The van der Waals surface area contributed by atoms with Gasteiger partial charge in [0.15, 0.2) is 0 Å². The van der Waals surface area contributed by atoms with Crippen LogP contribution >= 0.6 is 0 Å². The van der Waals surface area contributed by atoms with E-state index in [0.29, 0.717) is 25.6 Å². The Morgan fingerprint density at radius 3 is 2.71 bits per heavy atom. The Morgan fingerprint density at radius 1 is 1.25 bits per heavy atom. The van der Waals surface area contributed by atoms with Crippen molar-refractivity contribution in [2.45, 2.75) is 19.4 Å². The van der Waals surface area contributed by atoms with Gasteiger partial charge < -0.3 is 19.9 Å². The van der Waals surface area contributed by atoms with Crippen LogP contribution in [0, 0.1) is 5.92 Å². The van der Waals surface area contributed by atoms with E-state index in [1.807, 2.05) is 38.4 Å². The van der Waals surface area contributed by atoms with Crippen molar-refractivity contribution in [3.8, 4) is 5.75 Å². The van der Waals surface area contributed by atoms with Crippen LogP contribution in [0.1, 0.15) is 18.4 Å². The number of ether oxygens (including phenoxy) is 1. The molecule has 0 unspecified atom stereocenters. The fraction of sp³-hybridized carbons (Fsp3) is 0.476. The van der Waals surface area contributed by atoms with Crippen LogP contribution in [0.5, 0.6) is 5.75 Å². The van der Waals surface area contributed by atoms with Crippen LogP contribution in [0.3, 0.4) is 0 Å². The molecular formula is C21H29N5O2. The number of amides is 1. The molecule has 1 fully saturated rings. The molecule has 1 N–H and O–H groups in total. The summed E-state index contributed by atoms with van der Waals surface area (Å²) in [6.45, 7) is 3.61. The average molecular weight is 383 g/mol. The van der Waals surface area contributed by atoms with Crippen molar-refractivity contribution in [1.82, 2.24) is 20.2 Å². The van der Waals surface area contributed by atoms with E-state index in [1.165, 1.54) is 0 Å². The minimum absolute atomic E-state index is 0.0359. The number of carbonyl (C=O) groups is 1. The number of carbonyl (C=O) groups excluding carboxylic acids is 1. The Hall–Kier alpha value is -2.67. The van der Waals surface area contributed by atoms with Crippen molar-refractivity contribution in [2.24, 2.45) is 5.92 Å². The standard InChI is InChI=1S/C21H29N5O2/c1-25(2)13-14-28-19-8-6-17(7-9-19)15-24-20(27)18-5-3-12-26(16-18)21-22-10-4-11-23-21/h4,6-11,18H,3,5,12-16H2,1-2H3,(H,24,27)/t18-/m1/s1. The zero-order valence-electron chi connectivity index (χ0n) is 16.7. The van der Waals surface area contributed by atoms with Gasteiger partial charge in [-0.15, -0.1) is 0 Å². The number of anilines is 1. The Balaban J connectivity index is 1.46. The predicted molar refractivity (Wildman–Crippen MR) is 109 cm³/mol. The highest BCUT2D eigenvalue weighted by atomic mass is 16.5. The van der Waals surface area contributed by atoms with E-state index in [2.05, 4.69) is 25.1 Å². The number of hydrogen-bond acceptors (Lipinski definition) is 6. The summed E-state index contributed by atoms with van der Waals surface area (Å²) < 4.78 is 5.70. The molecule has 28 heavy (non-hydrogen) atoms. The molecule has 1 saturated heterocycles. The molecule has 0 radical (unpaired) electrons. The number of nitrogens with zero attached hydrogens (tertiary/aromatic N) is 4. The summed E-state index contributed by atoms with van der Waals surface area (Å²) in [5.74, 6) is 1.60. The molecule has 0 aliphatic carbocycles. The van der Waals surface area contributed by atoms with Gasteiger partial charge in [0.2, 0.25) is 11.9 Å². The largest absolute Gasteiger partial charge is 0.492 e. The highest BCUT2D eigenvalue weighted by molar-refractivity contribution is 5.79. The van der Waals surface area contributed by atoms with Gasteiger partial charge in [0.05, 0.1) is 5.92 Å². The van der Waals surface area contributed by atoms with Crippen LogP contribution in [0.2, 0.25) is 0 Å². The van der Waals surface area contributed by atoms with Gasteiger partial charge in [-0.25, -0.2) is 9.97 Å². The number of benzene rings is 1. The van der Waals surface area contributed by atoms with Gasteiger partial charge in [0.1, 0.15) is 12.4 Å². The summed E-state index contributed by atoms with van der Waals surface area (Å²) in [7, 11) is 4.04. The second-order valence-electron chi connectivity index (χ2n) is 7.35. The van der Waals surface area contributed by atoms with E-state index in [9.17, 15) is 4.79 Å². The van der Waals surface area contributed by atoms with Gasteiger partial charge in [0.25, 0.3) is 0 Å². The zero-order valence-corrected chi connectivity index (χ0v) is 16.7. The lowest BCUT2D eigenvalue weighted by atomic mass is 9.97. The van der Waals surface area contributed by atoms with Crippen molar-refractivity contribution in [3.63, 3.8) is 0 Å². The van der Waals surface area contributed by atoms with Crippen LogP contribution in [-0.4, -0.2) is 61.1 Å². The third-order valence-electron chi connectivity index (χ3n) is 4.82. The fourth-order valence-electron chi connectivity index (χ4n) is 3.21. The van der Waals surface area contributed by atoms with Crippen molar-refractivity contribution in [1.29, 1.82) is 0 Å². The first-order chi connectivity index (χ1) is 13.6. The maximum Gasteiger partial charge on any atom is 0.225 e. The molecular weight excluding hydrogens is 354 g/mol. The first kappa shape index (κ1) is 20.1. The molecule has 1 aromatic carbocycles. The van der Waals surface area contributed by atoms with Gasteiger partial charge >= 0.3 is 0 Å². The molecule has 150 valence electrons. The lowest BCUT2D eigenvalue weighted by Crippen LogP contribution is -2.43. The minimum atomic E-state index is -0.0359. The first-order valence-corrected chi connectivity index (χ1v) is 9.78. The van der Waals surface area contributed by atoms with E-state index >= 15 is 0 Å². The quantitative estimate of drug-likeness (QED) is 0.751.